The summed E-state index contributed by atoms with van der Waals surface area (Å²) in [5, 5.41) is 3.07. The van der Waals surface area contributed by atoms with Gasteiger partial charge in [0, 0.05) is 6.54 Å². The van der Waals surface area contributed by atoms with Gasteiger partial charge in [-0.2, -0.15) is 0 Å². The molecule has 0 aliphatic heterocycles. The first kappa shape index (κ1) is 18.2. The molecule has 2 atom stereocenters. The van der Waals surface area contributed by atoms with Gasteiger partial charge in [0.25, 0.3) is 0 Å². The van der Waals surface area contributed by atoms with Gasteiger partial charge in [-0.05, 0) is 46.1 Å². The number of nitrogens with one attached hydrogen (secondary N) is 1. The first-order valence-corrected chi connectivity index (χ1v) is 7.23. The van der Waals surface area contributed by atoms with Crippen LogP contribution in [-0.2, 0) is 9.53 Å². The van der Waals surface area contributed by atoms with Gasteiger partial charge >= 0.3 is 5.97 Å². The molecule has 0 amide bonds. The van der Waals surface area contributed by atoms with E-state index in [0.717, 1.165) is 13.0 Å². The number of hydrogen-bond acceptors (Lipinski definition) is 3. The van der Waals surface area contributed by atoms with Gasteiger partial charge in [0.05, 0.1) is 5.41 Å². The molecule has 1 N–H and O–H groups in total. The van der Waals surface area contributed by atoms with Crippen LogP contribution in [0.1, 0.15) is 48.0 Å². The lowest BCUT2D eigenvalue weighted by molar-refractivity contribution is -0.161. The second kappa shape index (κ2) is 8.36. The van der Waals surface area contributed by atoms with Crippen LogP contribution in [0, 0.1) is 17.3 Å². The summed E-state index contributed by atoms with van der Waals surface area (Å²) in [6.45, 7) is 13.0. The quantitative estimate of drug-likeness (QED) is 0.542. The van der Waals surface area contributed by atoms with Crippen molar-refractivity contribution < 1.29 is 9.53 Å². The number of ether oxygens (including phenoxy) is 1. The van der Waals surface area contributed by atoms with Crippen molar-refractivity contribution >= 4 is 5.97 Å². The first-order valence-electron chi connectivity index (χ1n) is 7.23. The van der Waals surface area contributed by atoms with Crippen LogP contribution in [0.25, 0.3) is 0 Å². The third kappa shape index (κ3) is 7.36. The fourth-order valence-electron chi connectivity index (χ4n) is 1.84. The number of allylic oxidation sites excluding steroid dienone is 1. The highest BCUT2D eigenvalue weighted by atomic mass is 16.5. The second-order valence-electron chi connectivity index (χ2n) is 6.41. The van der Waals surface area contributed by atoms with Crippen molar-refractivity contribution in [3.05, 3.63) is 12.2 Å². The molecule has 0 aromatic heterocycles. The van der Waals surface area contributed by atoms with E-state index in [9.17, 15) is 4.79 Å². The molecule has 0 saturated carbocycles. The van der Waals surface area contributed by atoms with Crippen LogP contribution < -0.4 is 5.32 Å². The lowest BCUT2D eigenvalue weighted by Crippen LogP contribution is -2.32. The molecule has 0 fully saturated rings. The van der Waals surface area contributed by atoms with Gasteiger partial charge in [0.2, 0.25) is 0 Å². The molecule has 19 heavy (non-hydrogen) atoms. The van der Waals surface area contributed by atoms with E-state index in [4.69, 9.17) is 4.74 Å². The largest absolute Gasteiger partial charge is 0.462 e. The average molecular weight is 269 g/mol. The Kier molecular flexibility index (Phi) is 8.00. The molecule has 3 nitrogen and oxygen atoms in total. The Bertz CT molecular complexity index is 295. The molecule has 0 aromatic rings. The van der Waals surface area contributed by atoms with Gasteiger partial charge in [-0.15, -0.1) is 0 Å². The van der Waals surface area contributed by atoms with Crippen LogP contribution in [0.15, 0.2) is 12.2 Å². The van der Waals surface area contributed by atoms with Crippen molar-refractivity contribution in [1.29, 1.82) is 0 Å². The lowest BCUT2D eigenvalue weighted by atomic mass is 9.83. The van der Waals surface area contributed by atoms with Crippen LogP contribution in [0.4, 0.5) is 0 Å². The molecule has 0 saturated heterocycles. The molecule has 0 rings (SSSR count). The standard InChI is InChI=1S/C16H31NO2/c1-12(2)14(4)19-15(18)16(5,6)11-13(3)9-8-10-17-7/h8-9,12-14,17H,10-11H2,1-7H3/b9-8-. The number of esters is 1. The molecule has 3 heteroatoms. The van der Waals surface area contributed by atoms with Crippen LogP contribution in [0.3, 0.4) is 0 Å². The number of hydrogen-bond donors (Lipinski definition) is 1. The molecule has 2 unspecified atom stereocenters. The molecular formula is C16H31NO2. The molecular weight excluding hydrogens is 238 g/mol. The molecule has 0 radical (unpaired) electrons. The maximum atomic E-state index is 12.2. The maximum absolute atomic E-state index is 12.2. The van der Waals surface area contributed by atoms with Crippen molar-refractivity contribution in [2.45, 2.75) is 54.1 Å². The summed E-state index contributed by atoms with van der Waals surface area (Å²) in [4.78, 5) is 12.2. The summed E-state index contributed by atoms with van der Waals surface area (Å²) >= 11 is 0. The SMILES string of the molecule is CNC/C=C\C(C)CC(C)(C)C(=O)OC(C)C(C)C. The summed E-state index contributed by atoms with van der Waals surface area (Å²) in [6, 6.07) is 0. The minimum atomic E-state index is -0.438. The van der Waals surface area contributed by atoms with Crippen molar-refractivity contribution in [2.24, 2.45) is 17.3 Å². The Labute approximate surface area is 118 Å². The summed E-state index contributed by atoms with van der Waals surface area (Å²) < 4.78 is 5.53. The van der Waals surface area contributed by atoms with E-state index in [1.54, 1.807) is 0 Å². The number of carbonyl (C=O) groups is 1. The van der Waals surface area contributed by atoms with E-state index in [0.29, 0.717) is 11.8 Å². The molecule has 0 aromatic carbocycles. The third-order valence-corrected chi connectivity index (χ3v) is 3.40. The topological polar surface area (TPSA) is 38.3 Å². The van der Waals surface area contributed by atoms with Crippen LogP contribution in [-0.4, -0.2) is 25.7 Å². The van der Waals surface area contributed by atoms with Crippen molar-refractivity contribution in [1.82, 2.24) is 5.32 Å². The maximum Gasteiger partial charge on any atom is 0.311 e. The first-order chi connectivity index (χ1) is 8.70. The van der Waals surface area contributed by atoms with Gasteiger partial charge in [0.15, 0.2) is 0 Å². The minimum Gasteiger partial charge on any atom is -0.462 e. The van der Waals surface area contributed by atoms with Crippen molar-refractivity contribution in [3.63, 3.8) is 0 Å². The van der Waals surface area contributed by atoms with E-state index in [-0.39, 0.29) is 12.1 Å². The fourth-order valence-corrected chi connectivity index (χ4v) is 1.84. The van der Waals surface area contributed by atoms with Gasteiger partial charge in [-0.3, -0.25) is 4.79 Å². The monoisotopic (exact) mass is 269 g/mol. The predicted molar refractivity (Wildman–Crippen MR) is 81.0 cm³/mol. The number of rotatable bonds is 8. The third-order valence-electron chi connectivity index (χ3n) is 3.40. The van der Waals surface area contributed by atoms with Gasteiger partial charge < -0.3 is 10.1 Å². The van der Waals surface area contributed by atoms with Crippen LogP contribution >= 0.6 is 0 Å². The highest BCUT2D eigenvalue weighted by Gasteiger charge is 2.32. The molecule has 0 aliphatic carbocycles. The zero-order chi connectivity index (χ0) is 15.1. The van der Waals surface area contributed by atoms with E-state index < -0.39 is 5.41 Å². The van der Waals surface area contributed by atoms with Gasteiger partial charge in [-0.25, -0.2) is 0 Å². The number of carbonyl (C=O) groups excluding carboxylic acids is 1. The Hall–Kier alpha value is -0.830. The Morgan fingerprint density at radius 1 is 1.26 bits per heavy atom. The van der Waals surface area contributed by atoms with Gasteiger partial charge in [-0.1, -0.05) is 32.9 Å². The molecule has 0 spiro atoms. The lowest BCUT2D eigenvalue weighted by Gasteiger charge is -2.28. The van der Waals surface area contributed by atoms with Crippen LogP contribution in [0.2, 0.25) is 0 Å². The average Bonchev–Trinajstić information content (AvgIpc) is 2.28. The van der Waals surface area contributed by atoms with Crippen molar-refractivity contribution in [3.8, 4) is 0 Å². The smallest absolute Gasteiger partial charge is 0.311 e. The zero-order valence-electron chi connectivity index (χ0n) is 13.6. The minimum absolute atomic E-state index is 0.0260. The van der Waals surface area contributed by atoms with E-state index >= 15 is 0 Å². The number of likely N-dealkylation sites (N-methyl/N-ethyl adjacent to an activating group) is 1. The Balaban J connectivity index is 4.40. The van der Waals surface area contributed by atoms with E-state index in [1.807, 2.05) is 27.8 Å². The predicted octanol–water partition coefficient (Wildman–Crippen LogP) is 3.40. The van der Waals surface area contributed by atoms with E-state index in [1.165, 1.54) is 0 Å². The summed E-state index contributed by atoms with van der Waals surface area (Å²) in [5.74, 6) is 0.625. The van der Waals surface area contributed by atoms with Crippen LogP contribution in [0.5, 0.6) is 0 Å². The van der Waals surface area contributed by atoms with E-state index in [2.05, 4.69) is 38.2 Å². The summed E-state index contributed by atoms with van der Waals surface area (Å²) in [6.07, 6.45) is 5.03. The fraction of sp³-hybridized carbons (Fsp3) is 0.812. The molecule has 0 heterocycles. The molecule has 0 aliphatic rings. The summed E-state index contributed by atoms with van der Waals surface area (Å²) in [5.41, 5.74) is -0.438. The second-order valence-corrected chi connectivity index (χ2v) is 6.41. The van der Waals surface area contributed by atoms with Crippen molar-refractivity contribution in [2.75, 3.05) is 13.6 Å². The normalized spacial score (nSPS) is 15.8. The van der Waals surface area contributed by atoms with Gasteiger partial charge in [0.1, 0.15) is 6.10 Å². The highest BCUT2D eigenvalue weighted by Crippen LogP contribution is 2.28. The Morgan fingerprint density at radius 2 is 1.84 bits per heavy atom. The zero-order valence-corrected chi connectivity index (χ0v) is 13.6. The highest BCUT2D eigenvalue weighted by molar-refractivity contribution is 5.76. The molecule has 0 bridgehead atoms. The summed E-state index contributed by atoms with van der Waals surface area (Å²) in [7, 11) is 1.92. The Morgan fingerprint density at radius 3 is 2.32 bits per heavy atom. The molecule has 112 valence electrons.